The van der Waals surface area contributed by atoms with Gasteiger partial charge in [0.25, 0.3) is 0 Å². The van der Waals surface area contributed by atoms with Gasteiger partial charge >= 0.3 is 0 Å². The third-order valence-electron chi connectivity index (χ3n) is 5.10. The molecule has 1 aromatic carbocycles. The third kappa shape index (κ3) is 3.87. The molecule has 1 fully saturated rings. The van der Waals surface area contributed by atoms with Crippen LogP contribution < -0.4 is 5.32 Å². The lowest BCUT2D eigenvalue weighted by Gasteiger charge is -2.37. The van der Waals surface area contributed by atoms with Gasteiger partial charge in [-0.15, -0.1) is 0 Å². The first-order valence-corrected chi connectivity index (χ1v) is 8.93. The number of rotatable bonds is 5. The van der Waals surface area contributed by atoms with E-state index in [1.807, 2.05) is 12.1 Å². The molecule has 2 N–H and O–H groups in total. The Morgan fingerprint density at radius 2 is 2.24 bits per heavy atom. The second-order valence-electron chi connectivity index (χ2n) is 7.01. The molecule has 0 saturated carbocycles. The monoisotopic (exact) mass is 338 g/mol. The zero-order valence-electron chi connectivity index (χ0n) is 15.0. The molecule has 0 radical (unpaired) electrons. The van der Waals surface area contributed by atoms with Gasteiger partial charge in [-0.05, 0) is 29.9 Å². The van der Waals surface area contributed by atoms with E-state index in [9.17, 15) is 4.79 Å². The van der Waals surface area contributed by atoms with Gasteiger partial charge in [0.15, 0.2) is 0 Å². The van der Waals surface area contributed by atoms with Gasteiger partial charge < -0.3 is 15.6 Å². The lowest BCUT2D eigenvalue weighted by molar-refractivity contribution is -0.121. The smallest absolute Gasteiger partial charge is 0.221 e. The van der Waals surface area contributed by atoms with Crippen LogP contribution in [-0.2, 0) is 4.79 Å². The number of carbonyl (C=O) groups excluding carboxylic acids is 1. The lowest BCUT2D eigenvalue weighted by atomic mass is 9.83. The van der Waals surface area contributed by atoms with Gasteiger partial charge in [-0.2, -0.15) is 0 Å². The number of amides is 1. The fraction of sp³-hybridized carbons (Fsp3) is 0.450. The van der Waals surface area contributed by atoms with Gasteiger partial charge in [0.05, 0.1) is 5.52 Å². The van der Waals surface area contributed by atoms with E-state index in [2.05, 4.69) is 34.3 Å². The molecule has 2 unspecified atom stereocenters. The number of piperidine rings is 1. The van der Waals surface area contributed by atoms with Crippen molar-refractivity contribution in [2.24, 2.45) is 5.92 Å². The number of pyridine rings is 1. The molecule has 3 rings (SSSR count). The molecule has 132 valence electrons. The average Bonchev–Trinajstić information content (AvgIpc) is 2.64. The number of aromatic nitrogens is 1. The van der Waals surface area contributed by atoms with Crippen LogP contribution in [0.4, 0.5) is 0 Å². The van der Waals surface area contributed by atoms with Crippen molar-refractivity contribution in [2.45, 2.75) is 25.7 Å². The van der Waals surface area contributed by atoms with Crippen LogP contribution in [0, 0.1) is 11.3 Å². The SMILES string of the molecule is CNC(=O)CCN1CC(C)CC(c2ccc(C=N)c3ncccc23)C1. The Morgan fingerprint density at radius 1 is 1.40 bits per heavy atom. The predicted molar refractivity (Wildman–Crippen MR) is 101 cm³/mol. The number of hydrogen-bond donors (Lipinski definition) is 2. The summed E-state index contributed by atoms with van der Waals surface area (Å²) in [4.78, 5) is 18.5. The topological polar surface area (TPSA) is 69.1 Å². The molecule has 1 aromatic heterocycles. The van der Waals surface area contributed by atoms with Crippen LogP contribution in [0.5, 0.6) is 0 Å². The Kier molecular flexibility index (Phi) is 5.43. The van der Waals surface area contributed by atoms with Gasteiger partial charge in [0, 0.05) is 56.5 Å². The van der Waals surface area contributed by atoms with Crippen LogP contribution in [0.3, 0.4) is 0 Å². The van der Waals surface area contributed by atoms with Crippen LogP contribution in [0.2, 0.25) is 0 Å². The zero-order valence-corrected chi connectivity index (χ0v) is 15.0. The van der Waals surface area contributed by atoms with Crippen molar-refractivity contribution in [3.8, 4) is 0 Å². The van der Waals surface area contributed by atoms with Gasteiger partial charge in [-0.1, -0.05) is 25.1 Å². The maximum atomic E-state index is 11.6. The van der Waals surface area contributed by atoms with E-state index in [1.165, 1.54) is 11.8 Å². The molecule has 1 saturated heterocycles. The van der Waals surface area contributed by atoms with Crippen molar-refractivity contribution < 1.29 is 4.79 Å². The fourth-order valence-corrected chi connectivity index (χ4v) is 3.94. The van der Waals surface area contributed by atoms with E-state index in [0.29, 0.717) is 18.3 Å². The Hall–Kier alpha value is -2.27. The highest BCUT2D eigenvalue weighted by Crippen LogP contribution is 2.34. The van der Waals surface area contributed by atoms with E-state index < -0.39 is 0 Å². The highest BCUT2D eigenvalue weighted by atomic mass is 16.1. The summed E-state index contributed by atoms with van der Waals surface area (Å²) in [5, 5.41) is 11.5. The molecule has 1 amide bonds. The first-order valence-electron chi connectivity index (χ1n) is 8.93. The quantitative estimate of drug-likeness (QED) is 0.824. The highest BCUT2D eigenvalue weighted by Gasteiger charge is 2.27. The molecule has 5 heteroatoms. The van der Waals surface area contributed by atoms with Gasteiger partial charge in [-0.25, -0.2) is 0 Å². The molecule has 25 heavy (non-hydrogen) atoms. The molecule has 0 aliphatic carbocycles. The summed E-state index contributed by atoms with van der Waals surface area (Å²) in [5.41, 5.74) is 3.08. The number of hydrogen-bond acceptors (Lipinski definition) is 4. The van der Waals surface area contributed by atoms with Gasteiger partial charge in [0.2, 0.25) is 5.91 Å². The summed E-state index contributed by atoms with van der Waals surface area (Å²) in [6, 6.07) is 8.24. The van der Waals surface area contributed by atoms with Crippen molar-refractivity contribution >= 4 is 23.0 Å². The van der Waals surface area contributed by atoms with Crippen LogP contribution in [0.15, 0.2) is 30.5 Å². The third-order valence-corrected chi connectivity index (χ3v) is 5.10. The molecular formula is C20H26N4O. The lowest BCUT2D eigenvalue weighted by Crippen LogP contribution is -2.40. The fourth-order valence-electron chi connectivity index (χ4n) is 3.94. The molecule has 1 aliphatic heterocycles. The zero-order chi connectivity index (χ0) is 17.8. The predicted octanol–water partition coefficient (Wildman–Crippen LogP) is 2.79. The van der Waals surface area contributed by atoms with Gasteiger partial charge in [-0.3, -0.25) is 9.78 Å². The molecular weight excluding hydrogens is 312 g/mol. The Labute approximate surface area is 148 Å². The maximum absolute atomic E-state index is 11.6. The summed E-state index contributed by atoms with van der Waals surface area (Å²) in [6.07, 6.45) is 4.85. The number of nitrogens with one attached hydrogen (secondary N) is 2. The standard InChI is InChI=1S/C20H26N4O/c1-14-10-16(13-24(12-14)9-7-19(25)22-2)17-6-5-15(11-21)20-18(17)4-3-8-23-20/h3-6,8,11,14,16,21H,7,9-10,12-13H2,1-2H3,(H,22,25). The van der Waals surface area contributed by atoms with E-state index in [1.54, 1.807) is 13.2 Å². The summed E-state index contributed by atoms with van der Waals surface area (Å²) < 4.78 is 0. The Balaban J connectivity index is 1.86. The average molecular weight is 338 g/mol. The largest absolute Gasteiger partial charge is 0.359 e. The number of benzene rings is 1. The van der Waals surface area contributed by atoms with Crippen molar-refractivity contribution in [1.82, 2.24) is 15.2 Å². The summed E-state index contributed by atoms with van der Waals surface area (Å²) in [5.74, 6) is 1.12. The Bertz CT molecular complexity index is 773. The van der Waals surface area contributed by atoms with Gasteiger partial charge in [0.1, 0.15) is 0 Å². The molecule has 2 aromatic rings. The number of carbonyl (C=O) groups is 1. The van der Waals surface area contributed by atoms with Crippen LogP contribution in [-0.4, -0.2) is 48.7 Å². The normalized spacial score (nSPS) is 21.2. The molecule has 0 spiro atoms. The van der Waals surface area contributed by atoms with E-state index >= 15 is 0 Å². The van der Waals surface area contributed by atoms with Crippen LogP contribution >= 0.6 is 0 Å². The minimum atomic E-state index is 0.0970. The maximum Gasteiger partial charge on any atom is 0.221 e. The summed E-state index contributed by atoms with van der Waals surface area (Å²) >= 11 is 0. The van der Waals surface area contributed by atoms with Crippen LogP contribution in [0.25, 0.3) is 10.9 Å². The molecule has 0 bridgehead atoms. The second-order valence-corrected chi connectivity index (χ2v) is 7.01. The highest BCUT2D eigenvalue weighted by molar-refractivity contribution is 5.98. The first kappa shape index (κ1) is 17.5. The summed E-state index contributed by atoms with van der Waals surface area (Å²) in [7, 11) is 1.69. The second kappa shape index (κ2) is 7.74. The number of fused-ring (bicyclic) bond motifs is 1. The van der Waals surface area contributed by atoms with Crippen molar-refractivity contribution in [3.05, 3.63) is 41.6 Å². The molecule has 1 aliphatic rings. The number of likely N-dealkylation sites (tertiary alicyclic amines) is 1. The van der Waals surface area contributed by atoms with E-state index in [-0.39, 0.29) is 5.91 Å². The van der Waals surface area contributed by atoms with Crippen LogP contribution in [0.1, 0.15) is 36.8 Å². The van der Waals surface area contributed by atoms with E-state index in [4.69, 9.17) is 5.41 Å². The van der Waals surface area contributed by atoms with E-state index in [0.717, 1.165) is 42.5 Å². The molecule has 5 nitrogen and oxygen atoms in total. The summed E-state index contributed by atoms with van der Waals surface area (Å²) in [6.45, 7) is 5.10. The molecule has 2 heterocycles. The molecule has 2 atom stereocenters. The first-order chi connectivity index (χ1) is 12.1. The minimum Gasteiger partial charge on any atom is -0.359 e. The minimum absolute atomic E-state index is 0.0970. The van der Waals surface area contributed by atoms with Crippen molar-refractivity contribution in [2.75, 3.05) is 26.7 Å². The van der Waals surface area contributed by atoms with Crippen molar-refractivity contribution in [1.29, 1.82) is 5.41 Å². The number of nitrogens with zero attached hydrogens (tertiary/aromatic N) is 2. The van der Waals surface area contributed by atoms with Crippen molar-refractivity contribution in [3.63, 3.8) is 0 Å². The Morgan fingerprint density at radius 3 is 3.00 bits per heavy atom.